The molecule has 1 N–H and O–H groups in total. The molecule has 0 saturated carbocycles. The Balaban J connectivity index is 2.10. The summed E-state index contributed by atoms with van der Waals surface area (Å²) < 4.78 is 38.5. The number of rotatable bonds is 5. The van der Waals surface area contributed by atoms with Gasteiger partial charge in [0, 0.05) is 23.2 Å². The molecule has 21 heavy (non-hydrogen) atoms. The lowest BCUT2D eigenvalue weighted by Gasteiger charge is -2.10. The fourth-order valence-electron chi connectivity index (χ4n) is 1.92. The third kappa shape index (κ3) is 4.50. The highest BCUT2D eigenvalue weighted by Gasteiger charge is 2.29. The summed E-state index contributed by atoms with van der Waals surface area (Å²) in [5.74, 6) is 0. The standard InChI is InChI=1S/C14H15F3N2OS/c1-2-7-19-9-11(8-18-19)13(20)10-3-5-12(6-4-10)21-14(15,16)17/h3-6,8-9,13,20H,2,7H2,1H3. The minimum atomic E-state index is -4.30. The van der Waals surface area contributed by atoms with Crippen molar-refractivity contribution < 1.29 is 18.3 Å². The van der Waals surface area contributed by atoms with E-state index in [0.29, 0.717) is 11.1 Å². The van der Waals surface area contributed by atoms with Gasteiger partial charge in [0.25, 0.3) is 0 Å². The van der Waals surface area contributed by atoms with Crippen LogP contribution < -0.4 is 0 Å². The summed E-state index contributed by atoms with van der Waals surface area (Å²) in [4.78, 5) is 0.0973. The van der Waals surface area contributed by atoms with Gasteiger partial charge in [0.05, 0.1) is 6.20 Å². The molecule has 7 heteroatoms. The topological polar surface area (TPSA) is 38.0 Å². The second-order valence-electron chi connectivity index (χ2n) is 4.56. The zero-order chi connectivity index (χ0) is 15.5. The lowest BCUT2D eigenvalue weighted by molar-refractivity contribution is -0.0328. The van der Waals surface area contributed by atoms with Crippen LogP contribution in [0.25, 0.3) is 0 Å². The van der Waals surface area contributed by atoms with Gasteiger partial charge in [-0.3, -0.25) is 4.68 Å². The molecule has 114 valence electrons. The van der Waals surface area contributed by atoms with Crippen molar-refractivity contribution in [2.24, 2.45) is 0 Å². The van der Waals surface area contributed by atoms with E-state index in [4.69, 9.17) is 0 Å². The van der Waals surface area contributed by atoms with Gasteiger partial charge in [-0.05, 0) is 35.9 Å². The van der Waals surface area contributed by atoms with Gasteiger partial charge in [0.1, 0.15) is 6.10 Å². The Bertz CT molecular complexity index is 581. The highest BCUT2D eigenvalue weighted by atomic mass is 32.2. The lowest BCUT2D eigenvalue weighted by Crippen LogP contribution is -2.01. The van der Waals surface area contributed by atoms with E-state index in [9.17, 15) is 18.3 Å². The van der Waals surface area contributed by atoms with Crippen LogP contribution in [0.5, 0.6) is 0 Å². The lowest BCUT2D eigenvalue weighted by atomic mass is 10.1. The smallest absolute Gasteiger partial charge is 0.384 e. The zero-order valence-electron chi connectivity index (χ0n) is 11.3. The average molecular weight is 316 g/mol. The summed E-state index contributed by atoms with van der Waals surface area (Å²) in [5.41, 5.74) is -3.14. The van der Waals surface area contributed by atoms with Crippen LogP contribution in [0.2, 0.25) is 0 Å². The molecule has 1 atom stereocenters. The Morgan fingerprint density at radius 3 is 2.48 bits per heavy atom. The summed E-state index contributed by atoms with van der Waals surface area (Å²) in [7, 11) is 0. The third-order valence-electron chi connectivity index (χ3n) is 2.85. The molecule has 0 radical (unpaired) electrons. The normalized spacial score (nSPS) is 13.4. The van der Waals surface area contributed by atoms with Crippen LogP contribution in [0.15, 0.2) is 41.6 Å². The molecule has 0 aliphatic rings. The maximum absolute atomic E-state index is 12.2. The number of alkyl halides is 3. The minimum absolute atomic E-state index is 0.0973. The van der Waals surface area contributed by atoms with Gasteiger partial charge in [-0.2, -0.15) is 18.3 Å². The minimum Gasteiger partial charge on any atom is -0.384 e. The zero-order valence-corrected chi connectivity index (χ0v) is 12.2. The van der Waals surface area contributed by atoms with E-state index in [0.717, 1.165) is 13.0 Å². The molecular weight excluding hydrogens is 301 g/mol. The Kier molecular flexibility index (Phi) is 4.95. The number of thioether (sulfide) groups is 1. The summed E-state index contributed by atoms with van der Waals surface area (Å²) in [6, 6.07) is 5.70. The molecule has 0 aliphatic heterocycles. The van der Waals surface area contributed by atoms with Gasteiger partial charge >= 0.3 is 5.51 Å². The van der Waals surface area contributed by atoms with Crippen molar-refractivity contribution in [2.45, 2.75) is 36.4 Å². The number of aliphatic hydroxyl groups is 1. The molecule has 2 rings (SSSR count). The van der Waals surface area contributed by atoms with Gasteiger partial charge in [-0.1, -0.05) is 19.1 Å². The Morgan fingerprint density at radius 2 is 1.90 bits per heavy atom. The van der Waals surface area contributed by atoms with Gasteiger partial charge in [0.2, 0.25) is 0 Å². The fourth-order valence-corrected chi connectivity index (χ4v) is 2.46. The van der Waals surface area contributed by atoms with E-state index >= 15 is 0 Å². The molecule has 0 saturated heterocycles. The molecular formula is C14H15F3N2OS. The van der Waals surface area contributed by atoms with Crippen molar-refractivity contribution in [1.29, 1.82) is 0 Å². The van der Waals surface area contributed by atoms with E-state index in [1.807, 2.05) is 6.92 Å². The number of aromatic nitrogens is 2. The van der Waals surface area contributed by atoms with E-state index in [-0.39, 0.29) is 16.7 Å². The number of nitrogens with zero attached hydrogens (tertiary/aromatic N) is 2. The molecule has 0 amide bonds. The van der Waals surface area contributed by atoms with Crippen molar-refractivity contribution in [3.63, 3.8) is 0 Å². The van der Waals surface area contributed by atoms with Crippen LogP contribution in [-0.2, 0) is 6.54 Å². The molecule has 1 heterocycles. The highest BCUT2D eigenvalue weighted by Crippen LogP contribution is 2.37. The van der Waals surface area contributed by atoms with Crippen LogP contribution in [0, 0.1) is 0 Å². The second kappa shape index (κ2) is 6.53. The van der Waals surface area contributed by atoms with Crippen molar-refractivity contribution in [1.82, 2.24) is 9.78 Å². The predicted molar refractivity (Wildman–Crippen MR) is 74.9 cm³/mol. The SMILES string of the molecule is CCCn1cc(C(O)c2ccc(SC(F)(F)F)cc2)cn1. The quantitative estimate of drug-likeness (QED) is 0.848. The van der Waals surface area contributed by atoms with Gasteiger partial charge in [0.15, 0.2) is 0 Å². The van der Waals surface area contributed by atoms with Crippen LogP contribution in [0.4, 0.5) is 13.2 Å². The summed E-state index contributed by atoms with van der Waals surface area (Å²) in [6.07, 6.45) is 3.35. The number of hydrogen-bond donors (Lipinski definition) is 1. The molecule has 0 spiro atoms. The number of aryl methyl sites for hydroxylation is 1. The Labute approximate surface area is 124 Å². The van der Waals surface area contributed by atoms with Gasteiger partial charge < -0.3 is 5.11 Å². The van der Waals surface area contributed by atoms with Crippen LogP contribution in [0.3, 0.4) is 0 Å². The molecule has 2 aromatic rings. The fraction of sp³-hybridized carbons (Fsp3) is 0.357. The average Bonchev–Trinajstić information content (AvgIpc) is 2.86. The maximum atomic E-state index is 12.2. The first kappa shape index (κ1) is 15.9. The highest BCUT2D eigenvalue weighted by molar-refractivity contribution is 8.00. The van der Waals surface area contributed by atoms with Gasteiger partial charge in [-0.15, -0.1) is 0 Å². The number of halogens is 3. The number of benzene rings is 1. The molecule has 0 bridgehead atoms. The largest absolute Gasteiger partial charge is 0.446 e. The summed E-state index contributed by atoms with van der Waals surface area (Å²) in [6.45, 7) is 2.78. The van der Waals surface area contributed by atoms with Gasteiger partial charge in [-0.25, -0.2) is 0 Å². The first-order chi connectivity index (χ1) is 9.89. The van der Waals surface area contributed by atoms with Crippen molar-refractivity contribution in [3.8, 4) is 0 Å². The van der Waals surface area contributed by atoms with E-state index < -0.39 is 11.6 Å². The first-order valence-corrected chi connectivity index (χ1v) is 7.27. The van der Waals surface area contributed by atoms with Crippen LogP contribution >= 0.6 is 11.8 Å². The van der Waals surface area contributed by atoms with Crippen molar-refractivity contribution in [3.05, 3.63) is 47.8 Å². The summed E-state index contributed by atoms with van der Waals surface area (Å²) in [5, 5.41) is 14.3. The molecule has 1 aromatic carbocycles. The van der Waals surface area contributed by atoms with Crippen LogP contribution in [-0.4, -0.2) is 20.4 Å². The number of aliphatic hydroxyl groups excluding tert-OH is 1. The number of hydrogen-bond acceptors (Lipinski definition) is 3. The third-order valence-corrected chi connectivity index (χ3v) is 3.59. The van der Waals surface area contributed by atoms with E-state index in [1.54, 1.807) is 17.1 Å². The molecule has 1 aromatic heterocycles. The van der Waals surface area contributed by atoms with Crippen molar-refractivity contribution >= 4 is 11.8 Å². The van der Waals surface area contributed by atoms with E-state index in [2.05, 4.69) is 5.10 Å². The maximum Gasteiger partial charge on any atom is 0.446 e. The predicted octanol–water partition coefficient (Wildman–Crippen LogP) is 3.99. The summed E-state index contributed by atoms with van der Waals surface area (Å²) >= 11 is -0.170. The van der Waals surface area contributed by atoms with E-state index in [1.165, 1.54) is 24.3 Å². The Morgan fingerprint density at radius 1 is 1.24 bits per heavy atom. The van der Waals surface area contributed by atoms with Crippen molar-refractivity contribution in [2.75, 3.05) is 0 Å². The molecule has 3 nitrogen and oxygen atoms in total. The molecule has 1 unspecified atom stereocenters. The Hall–Kier alpha value is -1.47. The molecule has 0 aliphatic carbocycles. The second-order valence-corrected chi connectivity index (χ2v) is 5.69. The van der Waals surface area contributed by atoms with Crippen LogP contribution in [0.1, 0.15) is 30.6 Å². The first-order valence-electron chi connectivity index (χ1n) is 6.45. The monoisotopic (exact) mass is 316 g/mol. The molecule has 0 fully saturated rings.